The topological polar surface area (TPSA) is 577 Å². The number of methoxy groups -OCH3 is 2. The second-order valence-corrected chi connectivity index (χ2v) is 29.2. The zero-order valence-corrected chi connectivity index (χ0v) is 72.1. The molecule has 0 aliphatic heterocycles. The minimum atomic E-state index is -5.40. The molecule has 504 valence electrons. The molecule has 0 aliphatic carbocycles. The van der Waals surface area contributed by atoms with Gasteiger partial charge in [0.05, 0.1) is 110 Å². The Kier molecular flexibility index (Phi) is 47.3. The second-order valence-electron chi connectivity index (χ2n) is 17.3. The van der Waals surface area contributed by atoms with Gasteiger partial charge in [-0.05, 0) is 115 Å². The van der Waals surface area contributed by atoms with E-state index in [2.05, 4.69) is 68.3 Å². The Labute approximate surface area is 705 Å². The maximum atomic E-state index is 12.9. The van der Waals surface area contributed by atoms with Crippen LogP contribution in [0.4, 0.5) is 45.5 Å². The summed E-state index contributed by atoms with van der Waals surface area (Å²) >= 11 is 0.458. The number of anilines is 2. The van der Waals surface area contributed by atoms with Crippen molar-refractivity contribution in [3.63, 3.8) is 0 Å². The molecule has 0 radical (unpaired) electrons. The van der Waals surface area contributed by atoms with Crippen molar-refractivity contribution in [3.8, 4) is 17.2 Å². The van der Waals surface area contributed by atoms with Crippen LogP contribution in [0.2, 0.25) is 0 Å². The zero-order valence-electron chi connectivity index (χ0n) is 52.8. The van der Waals surface area contributed by atoms with Crippen molar-refractivity contribution in [2.45, 2.75) is 38.3 Å². The van der Waals surface area contributed by atoms with Gasteiger partial charge >= 0.3 is 177 Å². The molecule has 0 unspecified atom stereocenters. The van der Waals surface area contributed by atoms with Crippen LogP contribution in [0.25, 0.3) is 10.8 Å². The fourth-order valence-electron chi connectivity index (χ4n) is 7.22. The third-order valence-electron chi connectivity index (χ3n) is 11.4. The fraction of sp³-hybridized carbons (Fsp3) is 0.244. The summed E-state index contributed by atoms with van der Waals surface area (Å²) < 4.78 is 213. The van der Waals surface area contributed by atoms with Gasteiger partial charge in [-0.15, -0.1) is 29.1 Å². The van der Waals surface area contributed by atoms with E-state index in [1.54, 1.807) is 26.0 Å². The van der Waals surface area contributed by atoms with Crippen molar-refractivity contribution in [3.05, 3.63) is 96.1 Å². The van der Waals surface area contributed by atoms with Crippen LogP contribution in [0, 0.1) is 13.8 Å². The summed E-state index contributed by atoms with van der Waals surface area (Å²) in [5.41, 5.74) is 6.22. The van der Waals surface area contributed by atoms with Crippen LogP contribution in [-0.2, 0) is 101 Å². The number of azo groups is 3. The van der Waals surface area contributed by atoms with Gasteiger partial charge in [-0.2, -0.15) is 14.6 Å². The van der Waals surface area contributed by atoms with E-state index < -0.39 is 124 Å². The van der Waals surface area contributed by atoms with E-state index in [0.29, 0.717) is 22.5 Å². The molecule has 0 spiro atoms. The molecule has 4 N–H and O–H groups in total. The van der Waals surface area contributed by atoms with Gasteiger partial charge in [0.15, 0.2) is 59.9 Å². The molecule has 0 bridgehead atoms. The van der Waals surface area contributed by atoms with Crippen LogP contribution in [0.15, 0.2) is 140 Å². The Hall–Kier alpha value is -0.470. The quantitative estimate of drug-likeness (QED) is 0.00389. The summed E-state index contributed by atoms with van der Waals surface area (Å²) in [6.07, 6.45) is 0. The van der Waals surface area contributed by atoms with E-state index in [9.17, 15) is 85.0 Å². The number of benzene rings is 6. The van der Waals surface area contributed by atoms with Gasteiger partial charge in [-0.3, -0.25) is 27.7 Å². The molecule has 0 aromatic heterocycles. The molecule has 0 heterocycles. The number of phenolic OH excluding ortho intramolecular Hbond substituents is 1. The summed E-state index contributed by atoms with van der Waals surface area (Å²) in [5, 5.41) is 77.0. The van der Waals surface area contributed by atoms with E-state index in [1.165, 1.54) is 44.6 Å². The van der Waals surface area contributed by atoms with Gasteiger partial charge in [0, 0.05) is 5.69 Å². The zero-order chi connectivity index (χ0) is 68.2. The number of rotatable bonds is 34. The second kappa shape index (κ2) is 46.6. The first-order valence-corrected chi connectivity index (χ1v) is 35.5. The van der Waals surface area contributed by atoms with Crippen LogP contribution >= 0.6 is 36.7 Å². The Bertz CT molecular complexity index is 4430. The first-order valence-electron chi connectivity index (χ1n) is 24.2. The van der Waals surface area contributed by atoms with Crippen molar-refractivity contribution < 1.29 is 313 Å². The van der Waals surface area contributed by atoms with Crippen LogP contribution < -0.4 is 214 Å². The predicted octanol–water partition coefficient (Wildman–Crippen LogP) is -13.8. The van der Waals surface area contributed by atoms with E-state index in [-0.39, 0.29) is 280 Å². The van der Waals surface area contributed by atoms with E-state index in [4.69, 9.17) is 23.6 Å². The summed E-state index contributed by atoms with van der Waals surface area (Å²) in [4.78, 5) is -2.04. The number of phenols is 1. The van der Waals surface area contributed by atoms with Crippen molar-refractivity contribution >= 4 is 153 Å². The van der Waals surface area contributed by atoms with Crippen molar-refractivity contribution in [2.24, 2.45) is 30.7 Å². The molecule has 6 rings (SSSR count). The average molecular weight is 1600 g/mol. The number of fused-ring (bicyclic) bond motifs is 1. The molecular weight excluding hydrogens is 1560 g/mol. The van der Waals surface area contributed by atoms with Crippen molar-refractivity contribution in [1.82, 2.24) is 0 Å². The molecule has 0 fully saturated rings. The Balaban J connectivity index is 0. The van der Waals surface area contributed by atoms with Crippen LogP contribution in [0.3, 0.4) is 0 Å². The number of hydrogen-bond donors (Lipinski definition) is 3. The molecule has 38 nitrogen and oxygen atoms in total. The van der Waals surface area contributed by atoms with Crippen molar-refractivity contribution in [1.29, 1.82) is 0 Å². The first-order chi connectivity index (χ1) is 43.2. The Morgan fingerprint density at radius 1 is 0.531 bits per heavy atom. The van der Waals surface area contributed by atoms with Gasteiger partial charge in [-0.1, -0.05) is 0 Å². The Morgan fingerprint density at radius 3 is 1.46 bits per heavy atom. The van der Waals surface area contributed by atoms with E-state index in [0.717, 1.165) is 42.5 Å². The van der Waals surface area contributed by atoms with Gasteiger partial charge in [0.1, 0.15) is 60.4 Å². The van der Waals surface area contributed by atoms with Gasteiger partial charge in [-0.25, -0.2) is 50.5 Å². The minimum absolute atomic E-state index is 0. The van der Waals surface area contributed by atoms with E-state index in [1.807, 2.05) is 0 Å². The van der Waals surface area contributed by atoms with Crippen LogP contribution in [-0.4, -0.2) is 126 Å². The van der Waals surface area contributed by atoms with Gasteiger partial charge < -0.3 is 55.1 Å². The molecule has 53 heteroatoms. The first kappa shape index (κ1) is 99.6. The van der Waals surface area contributed by atoms with Gasteiger partial charge in [0.2, 0.25) is 10.4 Å². The number of aryl methyl sites for hydroxylation is 2. The van der Waals surface area contributed by atoms with Crippen LogP contribution in [0.5, 0.6) is 17.2 Å². The molecule has 6 aromatic carbocycles. The third kappa shape index (κ3) is 31.5. The number of sulfone groups is 3. The smallest absolute Gasteiger partial charge is 0.747 e. The number of nitrogens with two attached hydrogens (primary N) is 1. The van der Waals surface area contributed by atoms with Crippen LogP contribution in [0.1, 0.15) is 11.1 Å². The standard InChI is InChI=1S/C27H27N5O20S6.C18H23N3O10S3.6Na/c1-46-20-7-6-18(56(38,39)10-8-47-54-52-50-35)14-19(20)30-31-25-21(53-51-49-34)12-15-13-22(57(40,41)42)26(24(28)23(15)27(25)33)32-29-16-2-4-17(5-3-16)55(36,37)11-9-48-58(43,44)45;1-12-9-16(13(2)8-15(12)19-11-34(25,26)27)20-21-17-10-14(4-5-18(17)28-3)33(23,24)7-6-29-32-31-30-22;;;;;;/h2-7,12-14,33-35H,8-11,28H2,1H3,(H,40,41,42)(H,43,44,45);4-5,8-10,19,22H,6-7,11H2,1-3H3,(H,25,26,27);;;;;;/q;;6*+1/p-6. The molecule has 0 amide bonds. The number of aromatic hydroxyl groups is 1. The summed E-state index contributed by atoms with van der Waals surface area (Å²) in [6.45, 7) is 1.73. The number of ether oxygens (including phenoxy) is 2. The summed E-state index contributed by atoms with van der Waals surface area (Å²) in [6, 6.07) is 16.8. The summed E-state index contributed by atoms with van der Waals surface area (Å²) in [7, 11) is -24.4. The van der Waals surface area contributed by atoms with E-state index >= 15 is 0 Å². The molecule has 98 heavy (non-hydrogen) atoms. The number of hydrogen-bond acceptors (Lipinski definition) is 41. The average Bonchev–Trinajstić information content (AvgIpc) is 0.749. The molecular formula is C45H44N8Na6O30S9. The monoisotopic (exact) mass is 1600 g/mol. The maximum absolute atomic E-state index is 12.9. The third-order valence-corrected chi connectivity index (χ3v) is 19.6. The molecule has 0 aliphatic rings. The minimum Gasteiger partial charge on any atom is -0.747 e. The SMILES string of the molecule is COc1ccc(S(=O)(=O)CCOSOO[O-])cc1N=Nc1c(SOO[O-])cc2cc(S(=O)(=O)[O-])c(N=Nc3ccc(S(=O)(=O)CCOS(=O)(=O)[O-])cc3)c(N)c2c1O.COc1ccc(S(=O)(=O)CCOSOO[O-])cc1N=Nc1cc(C)c(NCS(=O)(=O)[O-])cc1C.[Na+].[Na+].[Na+].[Na+].[Na+].[Na+]. The normalized spacial score (nSPS) is 11.9. The largest absolute Gasteiger partial charge is 1.00 e. The number of nitrogen functional groups attached to an aromatic ring is 1. The molecule has 0 saturated heterocycles. The van der Waals surface area contributed by atoms with Crippen molar-refractivity contribution in [2.75, 3.05) is 68.2 Å². The maximum Gasteiger partial charge on any atom is 1.00 e. The number of nitrogens with one attached hydrogen (secondary N) is 1. The molecule has 6 aromatic rings. The van der Waals surface area contributed by atoms with Gasteiger partial charge in [0.25, 0.3) is 0 Å². The molecule has 0 saturated carbocycles. The molecule has 0 atom stereocenters. The summed E-state index contributed by atoms with van der Waals surface area (Å²) in [5.74, 6) is -3.26. The fourth-order valence-corrected chi connectivity index (χ4v) is 13.0. The number of nitrogens with zero attached hydrogens (tertiary/aromatic N) is 6. The predicted molar refractivity (Wildman–Crippen MR) is 308 cm³/mol. The Morgan fingerprint density at radius 2 is 0.990 bits per heavy atom.